The Morgan fingerprint density at radius 3 is 2.25 bits per heavy atom. The minimum atomic E-state index is -1.33. The van der Waals surface area contributed by atoms with Gasteiger partial charge in [-0.2, -0.15) is 0 Å². The Morgan fingerprint density at radius 1 is 1.25 bits per heavy atom. The summed E-state index contributed by atoms with van der Waals surface area (Å²) in [5.41, 5.74) is 1.17. The summed E-state index contributed by atoms with van der Waals surface area (Å²) < 4.78 is 13.4. The molecule has 0 aliphatic rings. The molecule has 0 N–H and O–H groups in total. The van der Waals surface area contributed by atoms with Gasteiger partial charge >= 0.3 is 0 Å². The van der Waals surface area contributed by atoms with Gasteiger partial charge in [0.05, 0.1) is 5.69 Å². The second-order valence-corrected chi connectivity index (χ2v) is 3.57. The second-order valence-electron chi connectivity index (χ2n) is 3.57. The first-order chi connectivity index (χ1) is 5.41. The molecule has 12 heavy (non-hydrogen) atoms. The molecule has 1 aromatic rings. The third-order valence-corrected chi connectivity index (χ3v) is 1.96. The second kappa shape index (κ2) is 2.85. The Balaban J connectivity index is 3.14. The van der Waals surface area contributed by atoms with E-state index in [1.807, 2.05) is 19.9 Å². The predicted octanol–water partition coefficient (Wildman–Crippen LogP) is 2.90. The smallest absolute Gasteiger partial charge is 0.147 e. The fourth-order valence-corrected chi connectivity index (χ4v) is 0.962. The van der Waals surface area contributed by atoms with E-state index in [2.05, 4.69) is 4.98 Å². The van der Waals surface area contributed by atoms with Gasteiger partial charge in [0, 0.05) is 5.69 Å². The zero-order valence-electron chi connectivity index (χ0n) is 7.98. The van der Waals surface area contributed by atoms with E-state index in [9.17, 15) is 4.39 Å². The van der Waals surface area contributed by atoms with Gasteiger partial charge in [0.15, 0.2) is 0 Å². The fourth-order valence-electron chi connectivity index (χ4n) is 0.962. The zero-order valence-corrected chi connectivity index (χ0v) is 7.98. The third kappa shape index (κ3) is 1.81. The molecule has 0 unspecified atom stereocenters. The molecule has 66 valence electrons. The van der Waals surface area contributed by atoms with Crippen molar-refractivity contribution < 1.29 is 4.39 Å². The number of aryl methyl sites for hydroxylation is 2. The molecule has 1 heterocycles. The summed E-state index contributed by atoms with van der Waals surface area (Å²) in [5, 5.41) is 0. The van der Waals surface area contributed by atoms with Crippen LogP contribution in [0.4, 0.5) is 4.39 Å². The van der Waals surface area contributed by atoms with Gasteiger partial charge in [-0.15, -0.1) is 0 Å². The molecule has 0 aliphatic heterocycles. The van der Waals surface area contributed by atoms with Crippen molar-refractivity contribution in [3.05, 3.63) is 29.1 Å². The van der Waals surface area contributed by atoms with Gasteiger partial charge in [-0.05, 0) is 39.3 Å². The van der Waals surface area contributed by atoms with Gasteiger partial charge in [-0.3, -0.25) is 4.98 Å². The molecular formula is C10H14FN. The predicted molar refractivity (Wildman–Crippen MR) is 47.8 cm³/mol. The van der Waals surface area contributed by atoms with E-state index in [1.165, 1.54) is 13.8 Å². The minimum absolute atomic E-state index is 0.505. The van der Waals surface area contributed by atoms with Crippen LogP contribution in [-0.4, -0.2) is 4.98 Å². The Bertz CT molecular complexity index is 286. The lowest BCUT2D eigenvalue weighted by Gasteiger charge is -2.14. The fraction of sp³-hybridized carbons (Fsp3) is 0.500. The lowest BCUT2D eigenvalue weighted by atomic mass is 10.1. The lowest BCUT2D eigenvalue weighted by molar-refractivity contribution is 0.214. The highest BCUT2D eigenvalue weighted by Crippen LogP contribution is 2.23. The van der Waals surface area contributed by atoms with Crippen LogP contribution < -0.4 is 0 Å². The van der Waals surface area contributed by atoms with Crippen molar-refractivity contribution in [1.82, 2.24) is 4.98 Å². The maximum Gasteiger partial charge on any atom is 0.147 e. The molecule has 1 nitrogen and oxygen atoms in total. The van der Waals surface area contributed by atoms with Crippen molar-refractivity contribution in [2.75, 3.05) is 0 Å². The van der Waals surface area contributed by atoms with E-state index < -0.39 is 5.67 Å². The molecule has 1 aromatic heterocycles. The number of nitrogens with zero attached hydrogens (tertiary/aromatic N) is 1. The molecule has 0 aromatic carbocycles. The van der Waals surface area contributed by atoms with Crippen LogP contribution in [0.3, 0.4) is 0 Å². The number of hydrogen-bond donors (Lipinski definition) is 0. The Hall–Kier alpha value is -0.920. The topological polar surface area (TPSA) is 12.9 Å². The molecule has 0 spiro atoms. The quantitative estimate of drug-likeness (QED) is 0.626. The van der Waals surface area contributed by atoms with Crippen molar-refractivity contribution in [3.63, 3.8) is 0 Å². The highest BCUT2D eigenvalue weighted by atomic mass is 19.1. The molecule has 2 heteroatoms. The summed E-state index contributed by atoms with van der Waals surface area (Å²) >= 11 is 0. The number of alkyl halides is 1. The molecule has 0 radical (unpaired) electrons. The van der Waals surface area contributed by atoms with Crippen molar-refractivity contribution in [3.8, 4) is 0 Å². The minimum Gasteiger partial charge on any atom is -0.255 e. The van der Waals surface area contributed by atoms with Crippen LogP contribution in [0, 0.1) is 13.8 Å². The summed E-state index contributed by atoms with van der Waals surface area (Å²) in [6.45, 7) is 6.90. The Labute approximate surface area is 72.6 Å². The van der Waals surface area contributed by atoms with E-state index >= 15 is 0 Å². The molecule has 0 amide bonds. The largest absolute Gasteiger partial charge is 0.255 e. The molecule has 0 saturated heterocycles. The van der Waals surface area contributed by atoms with E-state index in [0.717, 1.165) is 11.3 Å². The van der Waals surface area contributed by atoms with Gasteiger partial charge in [-0.1, -0.05) is 6.07 Å². The Kier molecular flexibility index (Phi) is 2.18. The van der Waals surface area contributed by atoms with E-state index in [1.54, 1.807) is 6.07 Å². The summed E-state index contributed by atoms with van der Waals surface area (Å²) in [7, 11) is 0. The van der Waals surface area contributed by atoms with Crippen molar-refractivity contribution in [1.29, 1.82) is 0 Å². The van der Waals surface area contributed by atoms with Crippen LogP contribution in [0.25, 0.3) is 0 Å². The first-order valence-corrected chi connectivity index (χ1v) is 4.05. The first kappa shape index (κ1) is 9.17. The SMILES string of the molecule is Cc1ccc(C(C)(C)F)nc1C. The van der Waals surface area contributed by atoms with Crippen LogP contribution in [-0.2, 0) is 5.67 Å². The van der Waals surface area contributed by atoms with Gasteiger partial charge in [0.1, 0.15) is 5.67 Å². The van der Waals surface area contributed by atoms with E-state index in [-0.39, 0.29) is 0 Å². The van der Waals surface area contributed by atoms with Crippen molar-refractivity contribution in [2.24, 2.45) is 0 Å². The molecule has 0 bridgehead atoms. The average molecular weight is 167 g/mol. The normalized spacial score (nSPS) is 11.8. The third-order valence-electron chi connectivity index (χ3n) is 1.96. The number of aromatic nitrogens is 1. The molecule has 0 aliphatic carbocycles. The van der Waals surface area contributed by atoms with Gasteiger partial charge in [-0.25, -0.2) is 4.39 Å². The summed E-state index contributed by atoms with van der Waals surface area (Å²) in [6.07, 6.45) is 0. The molecular weight excluding hydrogens is 153 g/mol. The van der Waals surface area contributed by atoms with Gasteiger partial charge in [0.2, 0.25) is 0 Å². The number of halogens is 1. The van der Waals surface area contributed by atoms with E-state index in [0.29, 0.717) is 5.69 Å². The number of rotatable bonds is 1. The molecule has 0 fully saturated rings. The molecule has 0 saturated carbocycles. The maximum absolute atomic E-state index is 13.4. The standard InChI is InChI=1S/C10H14FN/c1-7-5-6-9(10(3,4)11)12-8(7)2/h5-6H,1-4H3. The van der Waals surface area contributed by atoms with Crippen LogP contribution in [0.15, 0.2) is 12.1 Å². The van der Waals surface area contributed by atoms with Crippen LogP contribution in [0.5, 0.6) is 0 Å². The van der Waals surface area contributed by atoms with Crippen LogP contribution >= 0.6 is 0 Å². The summed E-state index contributed by atoms with van der Waals surface area (Å²) in [5.74, 6) is 0. The number of hydrogen-bond acceptors (Lipinski definition) is 1. The number of pyridine rings is 1. The maximum atomic E-state index is 13.4. The van der Waals surface area contributed by atoms with Gasteiger partial charge in [0.25, 0.3) is 0 Å². The van der Waals surface area contributed by atoms with Crippen molar-refractivity contribution in [2.45, 2.75) is 33.4 Å². The van der Waals surface area contributed by atoms with Crippen LogP contribution in [0.2, 0.25) is 0 Å². The van der Waals surface area contributed by atoms with E-state index in [4.69, 9.17) is 0 Å². The first-order valence-electron chi connectivity index (χ1n) is 4.05. The highest BCUT2D eigenvalue weighted by molar-refractivity contribution is 5.22. The summed E-state index contributed by atoms with van der Waals surface area (Å²) in [4.78, 5) is 4.17. The molecule has 1 rings (SSSR count). The summed E-state index contributed by atoms with van der Waals surface area (Å²) in [6, 6.07) is 3.64. The highest BCUT2D eigenvalue weighted by Gasteiger charge is 2.20. The van der Waals surface area contributed by atoms with Crippen LogP contribution in [0.1, 0.15) is 30.8 Å². The lowest BCUT2D eigenvalue weighted by Crippen LogP contribution is -2.12. The van der Waals surface area contributed by atoms with Crippen molar-refractivity contribution >= 4 is 0 Å². The average Bonchev–Trinajstić information content (AvgIpc) is 1.92. The Morgan fingerprint density at radius 2 is 1.83 bits per heavy atom. The zero-order chi connectivity index (χ0) is 9.35. The van der Waals surface area contributed by atoms with Gasteiger partial charge < -0.3 is 0 Å². The monoisotopic (exact) mass is 167 g/mol. The molecule has 0 atom stereocenters.